The monoisotopic (exact) mass is 278 g/mol. The SMILES string of the molecule is Cc1cc(F)ccc1NC(=O)c1cc(N)cc(Cl)c1. The number of nitrogens with two attached hydrogens (primary N) is 1. The van der Waals surface area contributed by atoms with Crippen LogP contribution in [-0.2, 0) is 0 Å². The molecule has 2 aromatic rings. The molecule has 19 heavy (non-hydrogen) atoms. The lowest BCUT2D eigenvalue weighted by atomic mass is 10.1. The summed E-state index contributed by atoms with van der Waals surface area (Å²) in [5, 5.41) is 3.08. The highest BCUT2D eigenvalue weighted by molar-refractivity contribution is 6.31. The molecule has 0 aliphatic heterocycles. The van der Waals surface area contributed by atoms with Crippen molar-refractivity contribution in [3.63, 3.8) is 0 Å². The molecule has 0 aliphatic rings. The fraction of sp³-hybridized carbons (Fsp3) is 0.0714. The maximum atomic E-state index is 13.0. The zero-order valence-corrected chi connectivity index (χ0v) is 11.0. The number of hydrogen-bond donors (Lipinski definition) is 2. The molecular weight excluding hydrogens is 267 g/mol. The smallest absolute Gasteiger partial charge is 0.255 e. The van der Waals surface area contributed by atoms with E-state index in [0.29, 0.717) is 27.5 Å². The van der Waals surface area contributed by atoms with Gasteiger partial charge in [-0.2, -0.15) is 0 Å². The van der Waals surface area contributed by atoms with Crippen LogP contribution in [0.25, 0.3) is 0 Å². The summed E-state index contributed by atoms with van der Waals surface area (Å²) in [6, 6.07) is 8.75. The molecule has 2 rings (SSSR count). The summed E-state index contributed by atoms with van der Waals surface area (Å²) in [5.74, 6) is -0.689. The second-order valence-electron chi connectivity index (χ2n) is 4.19. The van der Waals surface area contributed by atoms with E-state index in [9.17, 15) is 9.18 Å². The number of aryl methyl sites for hydroxylation is 1. The fourth-order valence-corrected chi connectivity index (χ4v) is 1.95. The molecule has 0 saturated heterocycles. The first kappa shape index (κ1) is 13.4. The summed E-state index contributed by atoms with van der Waals surface area (Å²) in [5.41, 5.74) is 7.58. The summed E-state index contributed by atoms with van der Waals surface area (Å²) in [6.45, 7) is 1.71. The van der Waals surface area contributed by atoms with Crippen LogP contribution in [0.3, 0.4) is 0 Å². The predicted octanol–water partition coefficient (Wildman–Crippen LogP) is 3.62. The lowest BCUT2D eigenvalue weighted by Crippen LogP contribution is -2.13. The molecule has 3 N–H and O–H groups in total. The molecule has 98 valence electrons. The third kappa shape index (κ3) is 3.23. The van der Waals surface area contributed by atoms with Crippen LogP contribution in [0.2, 0.25) is 5.02 Å². The van der Waals surface area contributed by atoms with Crippen molar-refractivity contribution in [1.82, 2.24) is 0 Å². The van der Waals surface area contributed by atoms with E-state index in [1.807, 2.05) is 0 Å². The van der Waals surface area contributed by atoms with Gasteiger partial charge in [-0.1, -0.05) is 11.6 Å². The molecule has 0 heterocycles. The third-order valence-electron chi connectivity index (χ3n) is 2.62. The van der Waals surface area contributed by atoms with Crippen molar-refractivity contribution < 1.29 is 9.18 Å². The van der Waals surface area contributed by atoms with Gasteiger partial charge in [-0.15, -0.1) is 0 Å². The Morgan fingerprint density at radius 1 is 1.26 bits per heavy atom. The number of nitrogen functional groups attached to an aromatic ring is 1. The highest BCUT2D eigenvalue weighted by Crippen LogP contribution is 2.20. The third-order valence-corrected chi connectivity index (χ3v) is 2.84. The zero-order valence-electron chi connectivity index (χ0n) is 10.2. The number of amides is 1. The molecule has 0 radical (unpaired) electrons. The number of hydrogen-bond acceptors (Lipinski definition) is 2. The van der Waals surface area contributed by atoms with Crippen molar-refractivity contribution in [1.29, 1.82) is 0 Å². The average molecular weight is 279 g/mol. The Morgan fingerprint density at radius 2 is 2.00 bits per heavy atom. The fourth-order valence-electron chi connectivity index (χ4n) is 1.71. The van der Waals surface area contributed by atoms with Crippen LogP contribution in [0.1, 0.15) is 15.9 Å². The number of nitrogens with one attached hydrogen (secondary N) is 1. The molecule has 0 unspecified atom stereocenters. The number of carbonyl (C=O) groups excluding carboxylic acids is 1. The number of anilines is 2. The van der Waals surface area contributed by atoms with E-state index < -0.39 is 0 Å². The van der Waals surface area contributed by atoms with Gasteiger partial charge < -0.3 is 11.1 Å². The molecule has 0 atom stereocenters. The summed E-state index contributed by atoms with van der Waals surface area (Å²) in [6.07, 6.45) is 0. The Balaban J connectivity index is 2.25. The molecule has 0 spiro atoms. The minimum atomic E-state index is -0.345. The molecule has 0 fully saturated rings. The van der Waals surface area contributed by atoms with Gasteiger partial charge in [0.15, 0.2) is 0 Å². The molecule has 2 aromatic carbocycles. The topological polar surface area (TPSA) is 55.1 Å². The molecule has 0 bridgehead atoms. The van der Waals surface area contributed by atoms with Crippen LogP contribution >= 0.6 is 11.6 Å². The lowest BCUT2D eigenvalue weighted by Gasteiger charge is -2.09. The summed E-state index contributed by atoms with van der Waals surface area (Å²) in [7, 11) is 0. The molecule has 1 amide bonds. The van der Waals surface area contributed by atoms with Gasteiger partial charge in [-0.25, -0.2) is 4.39 Å². The van der Waals surface area contributed by atoms with Crippen LogP contribution in [0, 0.1) is 12.7 Å². The first-order chi connectivity index (χ1) is 8.95. The van der Waals surface area contributed by atoms with Gasteiger partial charge in [0.1, 0.15) is 5.82 Å². The molecule has 5 heteroatoms. The van der Waals surface area contributed by atoms with E-state index in [-0.39, 0.29) is 11.7 Å². The van der Waals surface area contributed by atoms with E-state index >= 15 is 0 Å². The molecule has 3 nitrogen and oxygen atoms in total. The van der Waals surface area contributed by atoms with Crippen molar-refractivity contribution in [3.8, 4) is 0 Å². The maximum absolute atomic E-state index is 13.0. The van der Waals surface area contributed by atoms with E-state index in [0.717, 1.165) is 0 Å². The summed E-state index contributed by atoms with van der Waals surface area (Å²) >= 11 is 5.84. The number of benzene rings is 2. The van der Waals surface area contributed by atoms with Gasteiger partial charge >= 0.3 is 0 Å². The van der Waals surface area contributed by atoms with Crippen LogP contribution in [-0.4, -0.2) is 5.91 Å². The van der Waals surface area contributed by atoms with Crippen molar-refractivity contribution in [2.24, 2.45) is 0 Å². The largest absolute Gasteiger partial charge is 0.399 e. The quantitative estimate of drug-likeness (QED) is 0.824. The lowest BCUT2D eigenvalue weighted by molar-refractivity contribution is 0.102. The van der Waals surface area contributed by atoms with E-state index in [1.165, 1.54) is 30.3 Å². The first-order valence-electron chi connectivity index (χ1n) is 5.59. The maximum Gasteiger partial charge on any atom is 0.255 e. The van der Waals surface area contributed by atoms with Crippen molar-refractivity contribution in [3.05, 3.63) is 58.4 Å². The van der Waals surface area contributed by atoms with Crippen LogP contribution in [0.5, 0.6) is 0 Å². The standard InChI is InChI=1S/C14H12ClFN2O/c1-8-4-11(16)2-3-13(8)18-14(19)9-5-10(15)7-12(17)6-9/h2-7H,17H2,1H3,(H,18,19). The van der Waals surface area contributed by atoms with Crippen LogP contribution < -0.4 is 11.1 Å². The molecule has 0 aromatic heterocycles. The Hall–Kier alpha value is -2.07. The van der Waals surface area contributed by atoms with E-state index in [2.05, 4.69) is 5.32 Å². The van der Waals surface area contributed by atoms with Crippen LogP contribution in [0.15, 0.2) is 36.4 Å². The van der Waals surface area contributed by atoms with Crippen LogP contribution in [0.4, 0.5) is 15.8 Å². The van der Waals surface area contributed by atoms with Gasteiger partial charge in [0.2, 0.25) is 0 Å². The second kappa shape index (κ2) is 5.28. The summed E-state index contributed by atoms with van der Waals surface area (Å²) in [4.78, 5) is 12.0. The Bertz CT molecular complexity index is 623. The van der Waals surface area contributed by atoms with Crippen molar-refractivity contribution >= 4 is 28.9 Å². The highest BCUT2D eigenvalue weighted by Gasteiger charge is 2.09. The van der Waals surface area contributed by atoms with Crippen molar-refractivity contribution in [2.75, 3.05) is 11.1 Å². The van der Waals surface area contributed by atoms with Crippen molar-refractivity contribution in [2.45, 2.75) is 6.92 Å². The average Bonchev–Trinajstić information content (AvgIpc) is 2.31. The van der Waals surface area contributed by atoms with E-state index in [4.69, 9.17) is 17.3 Å². The minimum absolute atomic E-state index is 0.344. The Kier molecular flexibility index (Phi) is 3.71. The van der Waals surface area contributed by atoms with Gasteiger partial charge in [-0.3, -0.25) is 4.79 Å². The molecule has 0 aliphatic carbocycles. The predicted molar refractivity (Wildman–Crippen MR) is 75.0 cm³/mol. The normalized spacial score (nSPS) is 10.3. The highest BCUT2D eigenvalue weighted by atomic mass is 35.5. The zero-order chi connectivity index (χ0) is 14.0. The Morgan fingerprint density at radius 3 is 2.63 bits per heavy atom. The number of rotatable bonds is 2. The van der Waals surface area contributed by atoms with Gasteiger partial charge in [0, 0.05) is 22.0 Å². The van der Waals surface area contributed by atoms with Gasteiger partial charge in [0.25, 0.3) is 5.91 Å². The second-order valence-corrected chi connectivity index (χ2v) is 4.62. The number of halogens is 2. The molecule has 0 saturated carbocycles. The van der Waals surface area contributed by atoms with E-state index in [1.54, 1.807) is 13.0 Å². The van der Waals surface area contributed by atoms with Gasteiger partial charge in [0.05, 0.1) is 0 Å². The first-order valence-corrected chi connectivity index (χ1v) is 5.97. The molecular formula is C14H12ClFN2O. The summed E-state index contributed by atoms with van der Waals surface area (Å²) < 4.78 is 13.0. The van der Waals surface area contributed by atoms with Gasteiger partial charge in [-0.05, 0) is 48.9 Å². The number of carbonyl (C=O) groups is 1. The minimum Gasteiger partial charge on any atom is -0.399 e. The Labute approximate surface area is 115 Å².